The van der Waals surface area contributed by atoms with E-state index < -0.39 is 0 Å². The van der Waals surface area contributed by atoms with Crippen molar-refractivity contribution < 1.29 is 0 Å². The Bertz CT molecular complexity index is 485. The van der Waals surface area contributed by atoms with Crippen molar-refractivity contribution in [2.75, 3.05) is 11.1 Å². The summed E-state index contributed by atoms with van der Waals surface area (Å²) >= 11 is 0. The van der Waals surface area contributed by atoms with Gasteiger partial charge in [-0.25, -0.2) is 0 Å². The summed E-state index contributed by atoms with van der Waals surface area (Å²) < 4.78 is 0. The van der Waals surface area contributed by atoms with E-state index in [2.05, 4.69) is 25.2 Å². The molecule has 102 valence electrons. The largest absolute Gasteiger partial charge is 0.398 e. The number of anilines is 2. The second kappa shape index (κ2) is 5.52. The van der Waals surface area contributed by atoms with Gasteiger partial charge in [0, 0.05) is 17.4 Å². The Kier molecular flexibility index (Phi) is 3.99. The van der Waals surface area contributed by atoms with Crippen LogP contribution in [-0.2, 0) is 6.42 Å². The zero-order valence-electron chi connectivity index (χ0n) is 11.9. The Balaban J connectivity index is 2.14. The van der Waals surface area contributed by atoms with E-state index in [9.17, 15) is 0 Å². The van der Waals surface area contributed by atoms with Crippen molar-refractivity contribution in [3.05, 3.63) is 23.8 Å². The minimum atomic E-state index is 0.328. The SMILES string of the molecule is CC1(C)CCCCC1Nc1ccc(N)c(CC#N)c1. The highest BCUT2D eigenvalue weighted by Gasteiger charge is 2.31. The van der Waals surface area contributed by atoms with Crippen LogP contribution in [0.25, 0.3) is 0 Å². The molecule has 0 spiro atoms. The van der Waals surface area contributed by atoms with Crippen LogP contribution in [0.4, 0.5) is 11.4 Å². The fraction of sp³-hybridized carbons (Fsp3) is 0.562. The smallest absolute Gasteiger partial charge is 0.0670 e. The van der Waals surface area contributed by atoms with Gasteiger partial charge in [-0.15, -0.1) is 0 Å². The third-order valence-corrected chi connectivity index (χ3v) is 4.26. The van der Waals surface area contributed by atoms with Gasteiger partial charge in [0.15, 0.2) is 0 Å². The average Bonchev–Trinajstić information content (AvgIpc) is 2.36. The van der Waals surface area contributed by atoms with Gasteiger partial charge in [-0.05, 0) is 42.0 Å². The molecule has 1 atom stereocenters. The van der Waals surface area contributed by atoms with E-state index >= 15 is 0 Å². The Labute approximate surface area is 115 Å². The molecule has 2 rings (SSSR count). The van der Waals surface area contributed by atoms with E-state index in [0.717, 1.165) is 11.3 Å². The first-order chi connectivity index (χ1) is 9.03. The Hall–Kier alpha value is -1.69. The lowest BCUT2D eigenvalue weighted by Gasteiger charge is -2.39. The number of nitriles is 1. The second-order valence-corrected chi connectivity index (χ2v) is 6.18. The third-order valence-electron chi connectivity index (χ3n) is 4.26. The molecule has 1 aromatic rings. The summed E-state index contributed by atoms with van der Waals surface area (Å²) in [4.78, 5) is 0. The first kappa shape index (κ1) is 13.7. The molecular formula is C16H23N3. The molecule has 1 aromatic carbocycles. The lowest BCUT2D eigenvalue weighted by molar-refractivity contribution is 0.217. The molecule has 0 amide bonds. The maximum Gasteiger partial charge on any atom is 0.0670 e. The number of benzene rings is 1. The van der Waals surface area contributed by atoms with Gasteiger partial charge in [0.05, 0.1) is 12.5 Å². The molecule has 3 nitrogen and oxygen atoms in total. The Morgan fingerprint density at radius 2 is 2.21 bits per heavy atom. The summed E-state index contributed by atoms with van der Waals surface area (Å²) in [6.45, 7) is 4.66. The highest BCUT2D eigenvalue weighted by Crippen LogP contribution is 2.37. The summed E-state index contributed by atoms with van der Waals surface area (Å²) in [6, 6.07) is 8.59. The fourth-order valence-corrected chi connectivity index (χ4v) is 2.90. The van der Waals surface area contributed by atoms with E-state index in [1.165, 1.54) is 25.7 Å². The molecule has 1 fully saturated rings. The van der Waals surface area contributed by atoms with Crippen LogP contribution in [0.15, 0.2) is 18.2 Å². The highest BCUT2D eigenvalue weighted by atomic mass is 14.9. The summed E-state index contributed by atoms with van der Waals surface area (Å²) in [7, 11) is 0. The van der Waals surface area contributed by atoms with E-state index in [1.807, 2.05) is 18.2 Å². The van der Waals surface area contributed by atoms with Gasteiger partial charge < -0.3 is 11.1 Å². The Morgan fingerprint density at radius 3 is 2.89 bits per heavy atom. The average molecular weight is 257 g/mol. The molecule has 0 saturated heterocycles. The predicted molar refractivity (Wildman–Crippen MR) is 79.8 cm³/mol. The number of nitrogens with one attached hydrogen (secondary N) is 1. The fourth-order valence-electron chi connectivity index (χ4n) is 2.90. The van der Waals surface area contributed by atoms with Gasteiger partial charge in [-0.3, -0.25) is 0 Å². The van der Waals surface area contributed by atoms with Crippen molar-refractivity contribution in [2.45, 2.75) is 52.0 Å². The van der Waals surface area contributed by atoms with Crippen LogP contribution in [0.5, 0.6) is 0 Å². The molecule has 1 saturated carbocycles. The van der Waals surface area contributed by atoms with Crippen LogP contribution in [-0.4, -0.2) is 6.04 Å². The van der Waals surface area contributed by atoms with Gasteiger partial charge in [0.1, 0.15) is 0 Å². The topological polar surface area (TPSA) is 61.8 Å². The van der Waals surface area contributed by atoms with Crippen LogP contribution in [0.1, 0.15) is 45.1 Å². The third kappa shape index (κ3) is 3.20. The van der Waals surface area contributed by atoms with Gasteiger partial charge in [-0.1, -0.05) is 26.7 Å². The molecule has 1 unspecified atom stereocenters. The summed E-state index contributed by atoms with van der Waals surface area (Å²) in [6.07, 6.45) is 5.47. The van der Waals surface area contributed by atoms with Crippen LogP contribution < -0.4 is 11.1 Å². The minimum absolute atomic E-state index is 0.328. The van der Waals surface area contributed by atoms with Crippen LogP contribution in [0, 0.1) is 16.7 Å². The van der Waals surface area contributed by atoms with Gasteiger partial charge >= 0.3 is 0 Å². The van der Waals surface area contributed by atoms with Crippen molar-refractivity contribution in [1.29, 1.82) is 5.26 Å². The van der Waals surface area contributed by atoms with Crippen molar-refractivity contribution in [2.24, 2.45) is 5.41 Å². The number of hydrogen-bond donors (Lipinski definition) is 2. The number of nitrogen functional groups attached to an aromatic ring is 1. The zero-order chi connectivity index (χ0) is 13.9. The predicted octanol–water partition coefficient (Wildman–Crippen LogP) is 3.72. The Morgan fingerprint density at radius 1 is 1.42 bits per heavy atom. The maximum atomic E-state index is 8.81. The normalized spacial score (nSPS) is 21.6. The summed E-state index contributed by atoms with van der Waals surface area (Å²) in [5, 5.41) is 12.4. The number of hydrogen-bond acceptors (Lipinski definition) is 3. The van der Waals surface area contributed by atoms with Gasteiger partial charge in [-0.2, -0.15) is 5.26 Å². The molecule has 0 radical (unpaired) electrons. The van der Waals surface area contributed by atoms with Crippen molar-refractivity contribution in [3.63, 3.8) is 0 Å². The maximum absolute atomic E-state index is 8.81. The number of nitrogens with zero attached hydrogens (tertiary/aromatic N) is 1. The lowest BCUT2D eigenvalue weighted by atomic mass is 9.73. The van der Waals surface area contributed by atoms with E-state index in [-0.39, 0.29) is 0 Å². The first-order valence-electron chi connectivity index (χ1n) is 7.05. The van der Waals surface area contributed by atoms with E-state index in [1.54, 1.807) is 0 Å². The molecule has 3 heteroatoms. The van der Waals surface area contributed by atoms with Crippen LogP contribution in [0.3, 0.4) is 0 Å². The molecule has 3 N–H and O–H groups in total. The van der Waals surface area contributed by atoms with Crippen molar-refractivity contribution >= 4 is 11.4 Å². The lowest BCUT2D eigenvalue weighted by Crippen LogP contribution is -2.38. The van der Waals surface area contributed by atoms with E-state index in [4.69, 9.17) is 11.0 Å². The molecule has 0 aliphatic heterocycles. The second-order valence-electron chi connectivity index (χ2n) is 6.18. The summed E-state index contributed by atoms with van der Waals surface area (Å²) in [5.41, 5.74) is 8.92. The molecule has 0 heterocycles. The number of rotatable bonds is 3. The molecule has 1 aliphatic rings. The van der Waals surface area contributed by atoms with Crippen molar-refractivity contribution in [3.8, 4) is 6.07 Å². The van der Waals surface area contributed by atoms with Crippen molar-refractivity contribution in [1.82, 2.24) is 0 Å². The van der Waals surface area contributed by atoms with E-state index in [0.29, 0.717) is 23.6 Å². The quantitative estimate of drug-likeness (QED) is 0.811. The standard InChI is InChI=1S/C16H23N3/c1-16(2)9-4-3-5-15(16)19-13-6-7-14(18)12(11-13)8-10-17/h6-7,11,15,19H,3-5,8-9,18H2,1-2H3. The van der Waals surface area contributed by atoms with Crippen LogP contribution in [0.2, 0.25) is 0 Å². The number of nitrogens with two attached hydrogens (primary N) is 1. The molecular weight excluding hydrogens is 234 g/mol. The monoisotopic (exact) mass is 257 g/mol. The molecule has 0 aromatic heterocycles. The minimum Gasteiger partial charge on any atom is -0.398 e. The zero-order valence-corrected chi connectivity index (χ0v) is 11.9. The van der Waals surface area contributed by atoms with Gasteiger partial charge in [0.2, 0.25) is 0 Å². The molecule has 1 aliphatic carbocycles. The molecule has 0 bridgehead atoms. The summed E-state index contributed by atoms with van der Waals surface area (Å²) in [5.74, 6) is 0. The van der Waals surface area contributed by atoms with Gasteiger partial charge in [0.25, 0.3) is 0 Å². The molecule has 19 heavy (non-hydrogen) atoms. The van der Waals surface area contributed by atoms with Crippen LogP contribution >= 0.6 is 0 Å². The highest BCUT2D eigenvalue weighted by molar-refractivity contribution is 5.58. The first-order valence-corrected chi connectivity index (χ1v) is 7.05.